The minimum absolute atomic E-state index is 0.0219. The van der Waals surface area contributed by atoms with Crippen LogP contribution in [0.5, 0.6) is 0 Å². The molecule has 0 radical (unpaired) electrons. The second-order valence-electron chi connectivity index (χ2n) is 3.78. The molecule has 0 fully saturated rings. The predicted molar refractivity (Wildman–Crippen MR) is 67.4 cm³/mol. The average Bonchev–Trinajstić information content (AvgIpc) is 2.39. The van der Waals surface area contributed by atoms with Crippen molar-refractivity contribution in [3.05, 3.63) is 27.9 Å². The minimum atomic E-state index is -1.27. The molecule has 1 aromatic rings. The molecule has 0 aromatic carbocycles. The zero-order valence-electron chi connectivity index (χ0n) is 10.4. The standard InChI is InChI=1S/C11H15N3O5/c1-2-13(4-3-5-15)10-9(11(16)17)6-8(7-12-10)14(18)19/h6-7,15H,2-5H2,1H3,(H,16,17). The molecule has 2 N–H and O–H groups in total. The first-order chi connectivity index (χ1) is 9.01. The molecule has 0 bridgehead atoms. The van der Waals surface area contributed by atoms with Crippen molar-refractivity contribution in [2.45, 2.75) is 13.3 Å². The zero-order valence-corrected chi connectivity index (χ0v) is 10.4. The fourth-order valence-corrected chi connectivity index (χ4v) is 1.63. The van der Waals surface area contributed by atoms with Crippen molar-refractivity contribution in [3.63, 3.8) is 0 Å². The number of anilines is 1. The van der Waals surface area contributed by atoms with Gasteiger partial charge in [-0.1, -0.05) is 0 Å². The highest BCUT2D eigenvalue weighted by atomic mass is 16.6. The van der Waals surface area contributed by atoms with Crippen molar-refractivity contribution in [2.75, 3.05) is 24.6 Å². The summed E-state index contributed by atoms with van der Waals surface area (Å²) in [6.07, 6.45) is 1.49. The number of aromatic nitrogens is 1. The van der Waals surface area contributed by atoms with Crippen LogP contribution in [0.3, 0.4) is 0 Å². The summed E-state index contributed by atoms with van der Waals surface area (Å²) in [6.45, 7) is 2.71. The zero-order chi connectivity index (χ0) is 14.4. The third-order valence-corrected chi connectivity index (χ3v) is 2.56. The number of aromatic carboxylic acids is 1. The lowest BCUT2D eigenvalue weighted by Crippen LogP contribution is -2.27. The molecule has 0 aliphatic heterocycles. The number of hydrogen-bond acceptors (Lipinski definition) is 6. The normalized spacial score (nSPS) is 10.2. The van der Waals surface area contributed by atoms with Gasteiger partial charge in [0.05, 0.1) is 4.92 Å². The molecule has 1 aromatic heterocycles. The van der Waals surface area contributed by atoms with Gasteiger partial charge in [0.2, 0.25) is 0 Å². The fraction of sp³-hybridized carbons (Fsp3) is 0.455. The number of carboxylic acids is 1. The first-order valence-corrected chi connectivity index (χ1v) is 5.74. The Morgan fingerprint density at radius 1 is 1.58 bits per heavy atom. The molecule has 0 aliphatic rings. The van der Waals surface area contributed by atoms with Crippen molar-refractivity contribution in [1.29, 1.82) is 0 Å². The van der Waals surface area contributed by atoms with Gasteiger partial charge in [0.25, 0.3) is 5.69 Å². The van der Waals surface area contributed by atoms with Crippen molar-refractivity contribution in [1.82, 2.24) is 4.98 Å². The summed E-state index contributed by atoms with van der Waals surface area (Å²) in [5.41, 5.74) is -0.576. The molecule has 0 atom stereocenters. The quantitative estimate of drug-likeness (QED) is 0.557. The van der Waals surface area contributed by atoms with Gasteiger partial charge in [-0.2, -0.15) is 0 Å². The van der Waals surface area contributed by atoms with Crippen molar-refractivity contribution in [3.8, 4) is 0 Å². The van der Waals surface area contributed by atoms with Gasteiger partial charge in [0.1, 0.15) is 17.6 Å². The molecule has 0 saturated carbocycles. The predicted octanol–water partition coefficient (Wildman–Crippen LogP) is 0.897. The molecule has 104 valence electrons. The topological polar surface area (TPSA) is 117 Å². The third-order valence-electron chi connectivity index (χ3n) is 2.56. The molecule has 0 unspecified atom stereocenters. The first kappa shape index (κ1) is 14.8. The number of nitro groups is 1. The summed E-state index contributed by atoms with van der Waals surface area (Å²) in [5.74, 6) is -1.09. The number of carboxylic acid groups (broad SMARTS) is 1. The number of nitrogens with zero attached hydrogens (tertiary/aromatic N) is 3. The summed E-state index contributed by atoms with van der Waals surface area (Å²) >= 11 is 0. The Morgan fingerprint density at radius 2 is 2.26 bits per heavy atom. The van der Waals surface area contributed by atoms with Crippen LogP contribution in [0, 0.1) is 10.1 Å². The largest absolute Gasteiger partial charge is 0.478 e. The SMILES string of the molecule is CCN(CCCO)c1ncc([N+](=O)[O-])cc1C(=O)O. The van der Waals surface area contributed by atoms with E-state index < -0.39 is 10.9 Å². The second kappa shape index (κ2) is 6.64. The van der Waals surface area contributed by atoms with E-state index in [9.17, 15) is 14.9 Å². The van der Waals surface area contributed by atoms with E-state index in [2.05, 4.69) is 4.98 Å². The monoisotopic (exact) mass is 269 g/mol. The van der Waals surface area contributed by atoms with Crippen LogP contribution in [-0.4, -0.2) is 45.8 Å². The Kier molecular flexibility index (Phi) is 5.19. The van der Waals surface area contributed by atoms with E-state index in [-0.39, 0.29) is 23.7 Å². The first-order valence-electron chi connectivity index (χ1n) is 5.74. The van der Waals surface area contributed by atoms with Gasteiger partial charge in [-0.3, -0.25) is 10.1 Å². The molecule has 1 rings (SSSR count). The van der Waals surface area contributed by atoms with Crippen LogP contribution in [-0.2, 0) is 0 Å². The molecule has 8 nitrogen and oxygen atoms in total. The van der Waals surface area contributed by atoms with Gasteiger partial charge >= 0.3 is 5.97 Å². The van der Waals surface area contributed by atoms with Crippen LogP contribution in [0.1, 0.15) is 23.7 Å². The van der Waals surface area contributed by atoms with Gasteiger partial charge < -0.3 is 15.1 Å². The number of rotatable bonds is 7. The summed E-state index contributed by atoms with van der Waals surface area (Å²) < 4.78 is 0. The smallest absolute Gasteiger partial charge is 0.339 e. The van der Waals surface area contributed by atoms with Gasteiger partial charge in [-0.05, 0) is 13.3 Å². The molecule has 0 aliphatic carbocycles. The number of carbonyl (C=O) groups is 1. The molecular weight excluding hydrogens is 254 g/mol. The highest BCUT2D eigenvalue weighted by Gasteiger charge is 2.20. The lowest BCUT2D eigenvalue weighted by molar-refractivity contribution is -0.385. The summed E-state index contributed by atoms with van der Waals surface area (Å²) in [7, 11) is 0. The summed E-state index contributed by atoms with van der Waals surface area (Å²) in [5, 5.41) is 28.5. The maximum Gasteiger partial charge on any atom is 0.339 e. The number of pyridine rings is 1. The number of hydrogen-bond donors (Lipinski definition) is 2. The molecule has 19 heavy (non-hydrogen) atoms. The average molecular weight is 269 g/mol. The highest BCUT2D eigenvalue weighted by Crippen LogP contribution is 2.22. The van der Waals surface area contributed by atoms with Crippen LogP contribution in [0.25, 0.3) is 0 Å². The van der Waals surface area contributed by atoms with E-state index in [1.54, 1.807) is 4.90 Å². The molecule has 0 amide bonds. The van der Waals surface area contributed by atoms with E-state index in [0.29, 0.717) is 19.5 Å². The van der Waals surface area contributed by atoms with E-state index in [1.807, 2.05) is 6.92 Å². The fourth-order valence-electron chi connectivity index (χ4n) is 1.63. The third kappa shape index (κ3) is 3.62. The van der Waals surface area contributed by atoms with E-state index in [0.717, 1.165) is 12.3 Å². The van der Waals surface area contributed by atoms with Crippen LogP contribution in [0.4, 0.5) is 11.5 Å². The van der Waals surface area contributed by atoms with E-state index in [1.165, 1.54) is 0 Å². The molecule has 0 saturated heterocycles. The van der Waals surface area contributed by atoms with Gasteiger partial charge in [-0.25, -0.2) is 9.78 Å². The Labute approximate surface area is 109 Å². The number of aliphatic hydroxyl groups is 1. The van der Waals surface area contributed by atoms with Crippen LogP contribution < -0.4 is 4.90 Å². The van der Waals surface area contributed by atoms with E-state index >= 15 is 0 Å². The van der Waals surface area contributed by atoms with Crippen molar-refractivity contribution >= 4 is 17.5 Å². The molecule has 0 spiro atoms. The maximum absolute atomic E-state index is 11.2. The Bertz CT molecular complexity index is 477. The van der Waals surface area contributed by atoms with Gasteiger partial charge in [-0.15, -0.1) is 0 Å². The Balaban J connectivity index is 3.17. The van der Waals surface area contributed by atoms with Gasteiger partial charge in [0.15, 0.2) is 0 Å². The second-order valence-corrected chi connectivity index (χ2v) is 3.78. The van der Waals surface area contributed by atoms with Crippen LogP contribution in [0.15, 0.2) is 12.3 Å². The highest BCUT2D eigenvalue weighted by molar-refractivity contribution is 5.94. The number of aliphatic hydroxyl groups excluding tert-OH is 1. The summed E-state index contributed by atoms with van der Waals surface area (Å²) in [6, 6.07) is 0.992. The molecular formula is C11H15N3O5. The molecule has 1 heterocycles. The lowest BCUT2D eigenvalue weighted by Gasteiger charge is -2.22. The lowest BCUT2D eigenvalue weighted by atomic mass is 10.2. The van der Waals surface area contributed by atoms with Crippen molar-refractivity contribution in [2.24, 2.45) is 0 Å². The van der Waals surface area contributed by atoms with Crippen LogP contribution in [0.2, 0.25) is 0 Å². The summed E-state index contributed by atoms with van der Waals surface area (Å²) in [4.78, 5) is 26.6. The van der Waals surface area contributed by atoms with Crippen molar-refractivity contribution < 1.29 is 19.9 Å². The molecule has 8 heteroatoms. The Morgan fingerprint density at radius 3 is 2.74 bits per heavy atom. The maximum atomic E-state index is 11.2. The van der Waals surface area contributed by atoms with Crippen LogP contribution >= 0.6 is 0 Å². The van der Waals surface area contributed by atoms with E-state index in [4.69, 9.17) is 10.2 Å². The minimum Gasteiger partial charge on any atom is -0.478 e. The Hall–Kier alpha value is -2.22. The van der Waals surface area contributed by atoms with Gasteiger partial charge in [0, 0.05) is 25.8 Å².